The fourth-order valence-corrected chi connectivity index (χ4v) is 2.20. The van der Waals surface area contributed by atoms with E-state index in [1.54, 1.807) is 12.1 Å². The monoisotopic (exact) mass is 345 g/mol. The molecule has 0 heterocycles. The van der Waals surface area contributed by atoms with Crippen LogP contribution in [0.15, 0.2) is 12.1 Å². The van der Waals surface area contributed by atoms with Crippen LogP contribution in [0.3, 0.4) is 0 Å². The highest BCUT2D eigenvalue weighted by atomic mass is 127. The lowest BCUT2D eigenvalue weighted by atomic mass is 10.2. The summed E-state index contributed by atoms with van der Waals surface area (Å²) in [5, 5.41) is 19.9. The Balaban J connectivity index is 3.03. The van der Waals surface area contributed by atoms with Crippen molar-refractivity contribution in [3.63, 3.8) is 0 Å². The molecule has 4 nitrogen and oxygen atoms in total. The minimum atomic E-state index is -0.424. The van der Waals surface area contributed by atoms with E-state index in [1.165, 1.54) is 6.07 Å². The number of anilines is 1. The van der Waals surface area contributed by atoms with E-state index >= 15 is 0 Å². The van der Waals surface area contributed by atoms with E-state index in [-0.39, 0.29) is 11.4 Å². The van der Waals surface area contributed by atoms with E-state index in [1.807, 2.05) is 28.7 Å². The summed E-state index contributed by atoms with van der Waals surface area (Å²) in [6.45, 7) is 0. The number of hydrogen-bond donors (Lipinski definition) is 1. The highest BCUT2D eigenvalue weighted by Crippen LogP contribution is 2.29. The van der Waals surface area contributed by atoms with Gasteiger partial charge in [-0.3, -0.25) is 4.79 Å². The van der Waals surface area contributed by atoms with Gasteiger partial charge >= 0.3 is 0 Å². The summed E-state index contributed by atoms with van der Waals surface area (Å²) in [6, 6.07) is 6.77. The summed E-state index contributed by atoms with van der Waals surface area (Å²) in [5.74, 6) is -0.424. The highest BCUT2D eigenvalue weighted by molar-refractivity contribution is 14.1. The number of benzene rings is 1. The van der Waals surface area contributed by atoms with Gasteiger partial charge in [-0.25, -0.2) is 0 Å². The van der Waals surface area contributed by atoms with Gasteiger partial charge in [-0.05, 0) is 34.7 Å². The van der Waals surface area contributed by atoms with E-state index < -0.39 is 5.91 Å². The van der Waals surface area contributed by atoms with Gasteiger partial charge in [-0.1, -0.05) is 11.6 Å². The lowest BCUT2D eigenvalue weighted by Crippen LogP contribution is -2.11. The standard InChI is InChI=1S/C10H5ClIN3O/c11-7-3-6(5-14)4-8(12)10(7)15-9(16)1-2-13/h3-4H,1H2,(H,15,16). The number of nitrogens with one attached hydrogen (secondary N) is 1. The number of rotatable bonds is 2. The molecule has 0 aromatic heterocycles. The fraction of sp³-hybridized carbons (Fsp3) is 0.100. The Kier molecular flexibility index (Phi) is 4.53. The SMILES string of the molecule is N#CCC(=O)Nc1c(Cl)cc(C#N)cc1I. The van der Waals surface area contributed by atoms with Crippen molar-refractivity contribution < 1.29 is 4.79 Å². The lowest BCUT2D eigenvalue weighted by molar-refractivity contribution is -0.115. The molecule has 0 radical (unpaired) electrons. The minimum Gasteiger partial charge on any atom is -0.323 e. The van der Waals surface area contributed by atoms with Crippen LogP contribution in [0.2, 0.25) is 5.02 Å². The predicted molar refractivity (Wildman–Crippen MR) is 67.7 cm³/mol. The van der Waals surface area contributed by atoms with Gasteiger partial charge in [0.1, 0.15) is 6.42 Å². The maximum Gasteiger partial charge on any atom is 0.238 e. The maximum atomic E-state index is 11.2. The third kappa shape index (κ3) is 3.09. The van der Waals surface area contributed by atoms with Gasteiger partial charge in [0.05, 0.1) is 28.4 Å². The first-order chi connectivity index (χ1) is 7.58. The summed E-state index contributed by atoms with van der Waals surface area (Å²) in [5.41, 5.74) is 0.856. The fourth-order valence-electron chi connectivity index (χ4n) is 1.01. The van der Waals surface area contributed by atoms with E-state index in [2.05, 4.69) is 5.32 Å². The molecule has 0 fully saturated rings. The molecule has 6 heteroatoms. The van der Waals surface area contributed by atoms with Crippen LogP contribution in [0.5, 0.6) is 0 Å². The highest BCUT2D eigenvalue weighted by Gasteiger charge is 2.10. The zero-order chi connectivity index (χ0) is 12.1. The third-order valence-electron chi connectivity index (χ3n) is 1.68. The smallest absolute Gasteiger partial charge is 0.238 e. The predicted octanol–water partition coefficient (Wildman–Crippen LogP) is 2.67. The topological polar surface area (TPSA) is 76.7 Å². The number of nitriles is 2. The van der Waals surface area contributed by atoms with Crippen molar-refractivity contribution in [3.05, 3.63) is 26.3 Å². The molecular weight excluding hydrogens is 340 g/mol. The first-order valence-electron chi connectivity index (χ1n) is 4.14. The van der Waals surface area contributed by atoms with Crippen molar-refractivity contribution in [2.24, 2.45) is 0 Å². The Morgan fingerprint density at radius 1 is 1.50 bits per heavy atom. The molecule has 0 spiro atoms. The van der Waals surface area contributed by atoms with Crippen LogP contribution in [0.25, 0.3) is 0 Å². The lowest BCUT2D eigenvalue weighted by Gasteiger charge is -2.08. The number of halogens is 2. The van der Waals surface area contributed by atoms with Crippen molar-refractivity contribution >= 4 is 45.8 Å². The van der Waals surface area contributed by atoms with Gasteiger partial charge in [-0.15, -0.1) is 0 Å². The molecule has 0 aliphatic rings. The number of carbonyl (C=O) groups excluding carboxylic acids is 1. The Bertz CT molecular complexity index is 493. The number of amides is 1. The molecule has 80 valence electrons. The summed E-state index contributed by atoms with van der Waals surface area (Å²) in [6.07, 6.45) is -0.230. The molecule has 16 heavy (non-hydrogen) atoms. The van der Waals surface area contributed by atoms with Crippen LogP contribution in [0.1, 0.15) is 12.0 Å². The first kappa shape index (κ1) is 12.8. The number of nitrogens with zero attached hydrogens (tertiary/aromatic N) is 2. The van der Waals surface area contributed by atoms with Gasteiger partial charge < -0.3 is 5.32 Å². The zero-order valence-corrected chi connectivity index (χ0v) is 10.8. The second-order valence-electron chi connectivity index (χ2n) is 2.81. The normalized spacial score (nSPS) is 9.00. The summed E-state index contributed by atoms with van der Waals surface area (Å²) >= 11 is 7.87. The first-order valence-corrected chi connectivity index (χ1v) is 5.60. The molecule has 0 saturated carbocycles. The molecule has 0 aliphatic carbocycles. The van der Waals surface area contributed by atoms with E-state index in [9.17, 15) is 4.79 Å². The van der Waals surface area contributed by atoms with E-state index in [0.717, 1.165) is 0 Å². The van der Waals surface area contributed by atoms with Crippen LogP contribution in [0.4, 0.5) is 5.69 Å². The molecule has 1 N–H and O–H groups in total. The van der Waals surface area contributed by atoms with E-state index in [4.69, 9.17) is 22.1 Å². The quantitative estimate of drug-likeness (QED) is 0.837. The van der Waals surface area contributed by atoms with Crippen LogP contribution in [-0.4, -0.2) is 5.91 Å². The van der Waals surface area contributed by atoms with Crippen molar-refractivity contribution in [3.8, 4) is 12.1 Å². The van der Waals surface area contributed by atoms with Crippen molar-refractivity contribution in [2.75, 3.05) is 5.32 Å². The van der Waals surface area contributed by atoms with Gasteiger partial charge in [0.25, 0.3) is 0 Å². The zero-order valence-electron chi connectivity index (χ0n) is 7.92. The molecule has 0 saturated heterocycles. The minimum absolute atomic E-state index is 0.230. The second-order valence-corrected chi connectivity index (χ2v) is 4.38. The second kappa shape index (κ2) is 5.69. The van der Waals surface area contributed by atoms with Crippen LogP contribution >= 0.6 is 34.2 Å². The number of carbonyl (C=O) groups is 1. The van der Waals surface area contributed by atoms with Crippen LogP contribution in [0, 0.1) is 26.2 Å². The molecular formula is C10H5ClIN3O. The maximum absolute atomic E-state index is 11.2. The van der Waals surface area contributed by atoms with Gasteiger partial charge in [0, 0.05) is 3.57 Å². The molecule has 0 aliphatic heterocycles. The molecule has 0 bridgehead atoms. The third-order valence-corrected chi connectivity index (χ3v) is 2.82. The summed E-state index contributed by atoms with van der Waals surface area (Å²) in [4.78, 5) is 11.2. The summed E-state index contributed by atoms with van der Waals surface area (Å²) in [7, 11) is 0. The molecule has 1 amide bonds. The van der Waals surface area contributed by atoms with Crippen molar-refractivity contribution in [2.45, 2.75) is 6.42 Å². The van der Waals surface area contributed by atoms with Gasteiger partial charge in [0.2, 0.25) is 5.91 Å². The summed E-state index contributed by atoms with van der Waals surface area (Å²) < 4.78 is 0.660. The molecule has 1 rings (SSSR count). The van der Waals surface area contributed by atoms with Gasteiger partial charge in [-0.2, -0.15) is 10.5 Å². The van der Waals surface area contributed by atoms with E-state index in [0.29, 0.717) is 14.8 Å². The van der Waals surface area contributed by atoms with Crippen LogP contribution in [-0.2, 0) is 4.79 Å². The largest absolute Gasteiger partial charge is 0.323 e. The Morgan fingerprint density at radius 2 is 2.19 bits per heavy atom. The molecule has 0 unspecified atom stereocenters. The van der Waals surface area contributed by atoms with Crippen LogP contribution < -0.4 is 5.32 Å². The average Bonchev–Trinajstić information content (AvgIpc) is 2.23. The Morgan fingerprint density at radius 3 is 2.69 bits per heavy atom. The van der Waals surface area contributed by atoms with Crippen molar-refractivity contribution in [1.29, 1.82) is 10.5 Å². The number of hydrogen-bond acceptors (Lipinski definition) is 3. The molecule has 0 atom stereocenters. The molecule has 1 aromatic rings. The van der Waals surface area contributed by atoms with Gasteiger partial charge in [0.15, 0.2) is 0 Å². The average molecular weight is 346 g/mol. The Hall–Kier alpha value is -1.31. The van der Waals surface area contributed by atoms with Crippen molar-refractivity contribution in [1.82, 2.24) is 0 Å². The molecule has 1 aromatic carbocycles. The Labute approximate surface area is 111 Å².